The number of hydrogen-bond acceptors (Lipinski definition) is 1. The van der Waals surface area contributed by atoms with Gasteiger partial charge in [0.25, 0.3) is 0 Å². The van der Waals surface area contributed by atoms with E-state index in [-0.39, 0.29) is 30.9 Å². The highest BCUT2D eigenvalue weighted by Crippen LogP contribution is 2.30. The molecule has 1 aromatic rings. The van der Waals surface area contributed by atoms with Gasteiger partial charge in [-0.25, -0.2) is 4.39 Å². The zero-order chi connectivity index (χ0) is 10.8. The maximum Gasteiger partial charge on any atom is 0.416 e. The lowest BCUT2D eigenvalue weighted by Gasteiger charge is -2.08. The Morgan fingerprint density at radius 2 is 1.80 bits per heavy atom. The molecule has 6 heteroatoms. The molecule has 1 aromatic carbocycles. The predicted molar refractivity (Wildman–Crippen MR) is 51.4 cm³/mol. The third kappa shape index (κ3) is 3.68. The third-order valence-electron chi connectivity index (χ3n) is 1.79. The van der Waals surface area contributed by atoms with Gasteiger partial charge >= 0.3 is 6.18 Å². The average Bonchev–Trinajstić information content (AvgIpc) is 2.07. The molecule has 0 bridgehead atoms. The molecule has 0 aliphatic rings. The Morgan fingerprint density at radius 3 is 2.20 bits per heavy atom. The third-order valence-corrected chi connectivity index (χ3v) is 1.79. The summed E-state index contributed by atoms with van der Waals surface area (Å²) in [7, 11) is 0. The van der Waals surface area contributed by atoms with Crippen LogP contribution < -0.4 is 5.73 Å². The molecule has 1 rings (SSSR count). The second-order valence-corrected chi connectivity index (χ2v) is 2.84. The summed E-state index contributed by atoms with van der Waals surface area (Å²) in [5.74, 6) is -0.856. The molecule has 0 saturated carbocycles. The van der Waals surface area contributed by atoms with E-state index in [0.29, 0.717) is 6.07 Å². The fourth-order valence-electron chi connectivity index (χ4n) is 1.08. The Morgan fingerprint density at radius 1 is 1.20 bits per heavy atom. The lowest BCUT2D eigenvalue weighted by molar-refractivity contribution is -0.137. The molecular formula is C9H10ClF4N. The largest absolute Gasteiger partial charge is 0.416 e. The summed E-state index contributed by atoms with van der Waals surface area (Å²) in [6.45, 7) is 0.211. The molecular weight excluding hydrogens is 234 g/mol. The van der Waals surface area contributed by atoms with E-state index in [1.165, 1.54) is 0 Å². The van der Waals surface area contributed by atoms with Gasteiger partial charge in [0.05, 0.1) is 5.56 Å². The van der Waals surface area contributed by atoms with Crippen molar-refractivity contribution in [2.24, 2.45) is 5.73 Å². The minimum atomic E-state index is -4.50. The van der Waals surface area contributed by atoms with Crippen LogP contribution in [-0.2, 0) is 12.6 Å². The molecule has 0 spiro atoms. The topological polar surface area (TPSA) is 26.0 Å². The summed E-state index contributed by atoms with van der Waals surface area (Å²) in [5.41, 5.74) is 4.40. The fraction of sp³-hybridized carbons (Fsp3) is 0.333. The second kappa shape index (κ2) is 5.32. The zero-order valence-electron chi connectivity index (χ0n) is 7.64. The van der Waals surface area contributed by atoms with Gasteiger partial charge in [-0.05, 0) is 30.7 Å². The van der Waals surface area contributed by atoms with Crippen LogP contribution in [0.2, 0.25) is 0 Å². The van der Waals surface area contributed by atoms with Crippen molar-refractivity contribution >= 4 is 12.4 Å². The molecule has 0 saturated heterocycles. The van der Waals surface area contributed by atoms with Crippen molar-refractivity contribution in [1.29, 1.82) is 0 Å². The van der Waals surface area contributed by atoms with Gasteiger partial charge in [-0.1, -0.05) is 6.07 Å². The van der Waals surface area contributed by atoms with Gasteiger partial charge in [0.15, 0.2) is 0 Å². The summed E-state index contributed by atoms with van der Waals surface area (Å²) in [6, 6.07) is 2.46. The van der Waals surface area contributed by atoms with Crippen molar-refractivity contribution in [3.05, 3.63) is 35.1 Å². The van der Waals surface area contributed by atoms with E-state index in [9.17, 15) is 17.6 Å². The summed E-state index contributed by atoms with van der Waals surface area (Å²) < 4.78 is 49.3. The Labute approximate surface area is 90.7 Å². The van der Waals surface area contributed by atoms with Gasteiger partial charge in [-0.2, -0.15) is 13.2 Å². The highest BCUT2D eigenvalue weighted by molar-refractivity contribution is 5.85. The van der Waals surface area contributed by atoms with Crippen LogP contribution in [0.25, 0.3) is 0 Å². The summed E-state index contributed by atoms with van der Waals surface area (Å²) in [4.78, 5) is 0. The Kier molecular flexibility index (Phi) is 5.03. The molecule has 0 unspecified atom stereocenters. The van der Waals surface area contributed by atoms with Crippen molar-refractivity contribution in [2.75, 3.05) is 6.54 Å². The van der Waals surface area contributed by atoms with Crippen LogP contribution in [0.5, 0.6) is 0 Å². The Hall–Kier alpha value is -0.810. The molecule has 0 fully saturated rings. The lowest BCUT2D eigenvalue weighted by Crippen LogP contribution is -2.08. The molecule has 1 nitrogen and oxygen atoms in total. The van der Waals surface area contributed by atoms with Crippen LogP contribution in [0.4, 0.5) is 17.6 Å². The number of rotatable bonds is 2. The van der Waals surface area contributed by atoms with Gasteiger partial charge in [0, 0.05) is 0 Å². The predicted octanol–water partition coefficient (Wildman–Crippen LogP) is 2.77. The molecule has 0 aliphatic carbocycles. The molecule has 0 radical (unpaired) electrons. The van der Waals surface area contributed by atoms with Crippen molar-refractivity contribution in [3.63, 3.8) is 0 Å². The fourth-order valence-corrected chi connectivity index (χ4v) is 1.08. The van der Waals surface area contributed by atoms with Gasteiger partial charge in [-0.3, -0.25) is 0 Å². The van der Waals surface area contributed by atoms with E-state index in [1.54, 1.807) is 0 Å². The van der Waals surface area contributed by atoms with E-state index >= 15 is 0 Å². The van der Waals surface area contributed by atoms with E-state index in [1.807, 2.05) is 0 Å². The molecule has 2 N–H and O–H groups in total. The highest BCUT2D eigenvalue weighted by Gasteiger charge is 2.30. The molecule has 86 valence electrons. The van der Waals surface area contributed by atoms with Crippen molar-refractivity contribution in [3.8, 4) is 0 Å². The number of alkyl halides is 3. The van der Waals surface area contributed by atoms with E-state index in [0.717, 1.165) is 12.1 Å². The minimum absolute atomic E-state index is 0. The van der Waals surface area contributed by atoms with E-state index < -0.39 is 17.6 Å². The number of halogens is 5. The number of nitrogens with two attached hydrogens (primary N) is 1. The molecule has 15 heavy (non-hydrogen) atoms. The van der Waals surface area contributed by atoms with Crippen molar-refractivity contribution in [2.45, 2.75) is 12.6 Å². The first-order valence-corrected chi connectivity index (χ1v) is 4.01. The van der Waals surface area contributed by atoms with Gasteiger partial charge < -0.3 is 5.73 Å². The smallest absolute Gasteiger partial charge is 0.330 e. The summed E-state index contributed by atoms with van der Waals surface area (Å²) in [5, 5.41) is 0. The van der Waals surface area contributed by atoms with Crippen LogP contribution >= 0.6 is 12.4 Å². The number of benzene rings is 1. The summed E-state index contributed by atoms with van der Waals surface area (Å²) in [6.07, 6.45) is -4.26. The SMILES string of the molecule is Cl.NCCc1ccc(C(F)(F)F)cc1F. The monoisotopic (exact) mass is 243 g/mol. The lowest BCUT2D eigenvalue weighted by atomic mass is 10.1. The first-order chi connectivity index (χ1) is 6.45. The Bertz CT molecular complexity index is 324. The molecule has 0 atom stereocenters. The molecule has 0 aliphatic heterocycles. The molecule has 0 heterocycles. The maximum atomic E-state index is 13.0. The molecule has 0 amide bonds. The number of hydrogen-bond donors (Lipinski definition) is 1. The van der Waals surface area contributed by atoms with Crippen LogP contribution in [0.15, 0.2) is 18.2 Å². The van der Waals surface area contributed by atoms with Crippen LogP contribution in [0, 0.1) is 5.82 Å². The van der Waals surface area contributed by atoms with Crippen LogP contribution in [-0.4, -0.2) is 6.54 Å². The average molecular weight is 244 g/mol. The first kappa shape index (κ1) is 14.2. The standard InChI is InChI=1S/C9H9F4N.ClH/c10-8-5-7(9(11,12)13)2-1-6(8)3-4-14;/h1-2,5H,3-4,14H2;1H. The van der Waals surface area contributed by atoms with Crippen molar-refractivity contribution in [1.82, 2.24) is 0 Å². The van der Waals surface area contributed by atoms with Gasteiger partial charge in [0.2, 0.25) is 0 Å². The normalized spacial score (nSPS) is 11.0. The van der Waals surface area contributed by atoms with Gasteiger partial charge in [-0.15, -0.1) is 12.4 Å². The van der Waals surface area contributed by atoms with E-state index in [4.69, 9.17) is 5.73 Å². The van der Waals surface area contributed by atoms with Crippen LogP contribution in [0.3, 0.4) is 0 Å². The zero-order valence-corrected chi connectivity index (χ0v) is 8.46. The van der Waals surface area contributed by atoms with Crippen molar-refractivity contribution < 1.29 is 17.6 Å². The molecule has 0 aromatic heterocycles. The van der Waals surface area contributed by atoms with Gasteiger partial charge in [0.1, 0.15) is 5.82 Å². The quantitative estimate of drug-likeness (QED) is 0.795. The first-order valence-electron chi connectivity index (χ1n) is 4.01. The Balaban J connectivity index is 0.00000196. The van der Waals surface area contributed by atoms with Crippen LogP contribution in [0.1, 0.15) is 11.1 Å². The highest BCUT2D eigenvalue weighted by atomic mass is 35.5. The maximum absolute atomic E-state index is 13.0. The minimum Gasteiger partial charge on any atom is -0.330 e. The van der Waals surface area contributed by atoms with E-state index in [2.05, 4.69) is 0 Å². The second-order valence-electron chi connectivity index (χ2n) is 2.84. The summed E-state index contributed by atoms with van der Waals surface area (Å²) >= 11 is 0.